The summed E-state index contributed by atoms with van der Waals surface area (Å²) in [4.78, 5) is 3.90. The molecule has 0 fully saturated rings. The Bertz CT molecular complexity index is 1330. The van der Waals surface area contributed by atoms with Crippen molar-refractivity contribution in [1.29, 1.82) is 0 Å². The molecule has 0 unspecified atom stereocenters. The number of alkyl halides is 3. The van der Waals surface area contributed by atoms with Gasteiger partial charge in [0.2, 0.25) is 0 Å². The molecule has 3 aromatic heterocycles. The van der Waals surface area contributed by atoms with Crippen LogP contribution in [-0.4, -0.2) is 12.1 Å². The summed E-state index contributed by atoms with van der Waals surface area (Å²) in [5.41, 5.74) is 1.51. The van der Waals surface area contributed by atoms with Gasteiger partial charge in [0.25, 0.3) is 0 Å². The first-order chi connectivity index (χ1) is 14.4. The van der Waals surface area contributed by atoms with Crippen LogP contribution < -0.4 is 4.74 Å². The van der Waals surface area contributed by atoms with Crippen molar-refractivity contribution in [3.05, 3.63) is 72.4 Å². The number of halogens is 3. The number of rotatable bonds is 3. The summed E-state index contributed by atoms with van der Waals surface area (Å²) in [7, 11) is 1.56. The summed E-state index contributed by atoms with van der Waals surface area (Å²) in [5, 5.41) is 1.70. The Morgan fingerprint density at radius 2 is 1.60 bits per heavy atom. The molecule has 0 spiro atoms. The molecule has 5 aromatic rings. The zero-order chi connectivity index (χ0) is 20.9. The number of fused-ring (bicyclic) bond motifs is 2. The molecule has 7 heteroatoms. The molecule has 2 aromatic carbocycles. The smallest absolute Gasteiger partial charge is 0.417 e. The number of furan rings is 2. The molecule has 4 nitrogen and oxygen atoms in total. The molecule has 0 aliphatic heterocycles. The largest absolute Gasteiger partial charge is 0.496 e. The lowest BCUT2D eigenvalue weighted by atomic mass is 10.1. The second-order valence-electron chi connectivity index (χ2n) is 6.78. The molecule has 0 atom stereocenters. The van der Waals surface area contributed by atoms with Crippen LogP contribution in [0.4, 0.5) is 13.2 Å². The summed E-state index contributed by atoms with van der Waals surface area (Å²) in [5.74, 6) is 1.58. The number of ether oxygens (including phenoxy) is 1. The predicted octanol–water partition coefficient (Wildman–Crippen LogP) is 6.94. The minimum Gasteiger partial charge on any atom is -0.496 e. The maximum atomic E-state index is 12.8. The maximum Gasteiger partial charge on any atom is 0.417 e. The monoisotopic (exact) mass is 409 g/mol. The van der Waals surface area contributed by atoms with Gasteiger partial charge in [0.15, 0.2) is 5.76 Å². The van der Waals surface area contributed by atoms with E-state index in [1.165, 1.54) is 6.07 Å². The van der Waals surface area contributed by atoms with Gasteiger partial charge in [-0.1, -0.05) is 18.2 Å². The Kier molecular flexibility index (Phi) is 4.06. The van der Waals surface area contributed by atoms with E-state index in [1.54, 1.807) is 25.3 Å². The zero-order valence-corrected chi connectivity index (χ0v) is 15.7. The number of pyridine rings is 1. The average Bonchev–Trinajstić information content (AvgIpc) is 3.35. The third-order valence-corrected chi connectivity index (χ3v) is 4.87. The first-order valence-corrected chi connectivity index (χ1v) is 9.06. The molecule has 0 saturated carbocycles. The second kappa shape index (κ2) is 6.66. The normalized spacial score (nSPS) is 12.0. The molecule has 150 valence electrons. The van der Waals surface area contributed by atoms with Crippen LogP contribution in [0.2, 0.25) is 0 Å². The van der Waals surface area contributed by atoms with Gasteiger partial charge in [-0.25, -0.2) is 0 Å². The fourth-order valence-corrected chi connectivity index (χ4v) is 3.38. The fourth-order valence-electron chi connectivity index (χ4n) is 3.38. The van der Waals surface area contributed by atoms with Crippen LogP contribution in [0.5, 0.6) is 5.75 Å². The van der Waals surface area contributed by atoms with Crippen molar-refractivity contribution in [2.75, 3.05) is 7.11 Å². The van der Waals surface area contributed by atoms with E-state index in [2.05, 4.69) is 4.98 Å². The number of methoxy groups -OCH3 is 1. The number of aromatic nitrogens is 1. The Hall–Kier alpha value is -3.74. The molecular weight excluding hydrogens is 395 g/mol. The van der Waals surface area contributed by atoms with E-state index in [4.69, 9.17) is 13.6 Å². The summed E-state index contributed by atoms with van der Waals surface area (Å²) in [6.45, 7) is 0. The lowest BCUT2D eigenvalue weighted by molar-refractivity contribution is -0.137. The molecule has 0 aliphatic carbocycles. The van der Waals surface area contributed by atoms with Gasteiger partial charge in [-0.2, -0.15) is 13.2 Å². The highest BCUT2D eigenvalue weighted by molar-refractivity contribution is 5.91. The molecule has 0 saturated heterocycles. The Balaban J connectivity index is 1.59. The maximum absolute atomic E-state index is 12.8. The standard InChI is InChI=1S/C23H14F3NO3/c1-28-20-9-14-10-22(17-7-6-15(12-27-17)23(24,25)26)30-19(14)11-16(20)21-8-13-4-2-3-5-18(13)29-21/h2-12H,1H3. The average molecular weight is 409 g/mol. The topological polar surface area (TPSA) is 48.4 Å². The van der Waals surface area contributed by atoms with Crippen LogP contribution in [0, 0.1) is 0 Å². The lowest BCUT2D eigenvalue weighted by Crippen LogP contribution is -2.05. The van der Waals surface area contributed by atoms with Crippen LogP contribution in [0.3, 0.4) is 0 Å². The molecule has 5 rings (SSSR count). The Morgan fingerprint density at radius 3 is 2.30 bits per heavy atom. The molecule has 0 amide bonds. The van der Waals surface area contributed by atoms with Gasteiger partial charge < -0.3 is 13.6 Å². The SMILES string of the molecule is COc1cc2cc(-c3ccc(C(F)(F)F)cn3)oc2cc1-c1cc2ccccc2o1. The van der Waals surface area contributed by atoms with E-state index in [1.807, 2.05) is 30.3 Å². The minimum atomic E-state index is -4.44. The molecule has 0 bridgehead atoms. The molecule has 0 N–H and O–H groups in total. The first-order valence-electron chi connectivity index (χ1n) is 9.06. The van der Waals surface area contributed by atoms with Crippen LogP contribution >= 0.6 is 0 Å². The van der Waals surface area contributed by atoms with Crippen LogP contribution in [-0.2, 0) is 6.18 Å². The van der Waals surface area contributed by atoms with Crippen molar-refractivity contribution >= 4 is 21.9 Å². The number of hydrogen-bond acceptors (Lipinski definition) is 4. The van der Waals surface area contributed by atoms with Crippen molar-refractivity contribution < 1.29 is 26.7 Å². The highest BCUT2D eigenvalue weighted by atomic mass is 19.4. The van der Waals surface area contributed by atoms with Crippen molar-refractivity contribution in [2.24, 2.45) is 0 Å². The van der Waals surface area contributed by atoms with Crippen LogP contribution in [0.25, 0.3) is 44.7 Å². The van der Waals surface area contributed by atoms with E-state index in [9.17, 15) is 13.2 Å². The molecule has 30 heavy (non-hydrogen) atoms. The summed E-state index contributed by atoms with van der Waals surface area (Å²) < 4.78 is 55.7. The molecule has 3 heterocycles. The van der Waals surface area contributed by atoms with Gasteiger partial charge in [-0.15, -0.1) is 0 Å². The van der Waals surface area contributed by atoms with Gasteiger partial charge in [0.1, 0.15) is 28.4 Å². The first kappa shape index (κ1) is 18.3. The lowest BCUT2D eigenvalue weighted by Gasteiger charge is -2.06. The quantitative estimate of drug-likeness (QED) is 0.324. The van der Waals surface area contributed by atoms with Gasteiger partial charge in [-0.05, 0) is 42.5 Å². The minimum absolute atomic E-state index is 0.309. The second-order valence-corrected chi connectivity index (χ2v) is 6.78. The number of nitrogens with zero attached hydrogens (tertiary/aromatic N) is 1. The summed E-state index contributed by atoms with van der Waals surface area (Å²) in [6, 6.07) is 17.2. The van der Waals surface area contributed by atoms with Crippen LogP contribution in [0.15, 0.2) is 75.7 Å². The molecule has 0 aliphatic rings. The molecule has 0 radical (unpaired) electrons. The fraction of sp³-hybridized carbons (Fsp3) is 0.0870. The van der Waals surface area contributed by atoms with E-state index in [0.717, 1.165) is 28.6 Å². The van der Waals surface area contributed by atoms with E-state index < -0.39 is 11.7 Å². The highest BCUT2D eigenvalue weighted by Crippen LogP contribution is 2.39. The van der Waals surface area contributed by atoms with E-state index in [-0.39, 0.29) is 0 Å². The van der Waals surface area contributed by atoms with Gasteiger partial charge in [-0.3, -0.25) is 4.98 Å². The number of benzene rings is 2. The Labute approximate surface area is 168 Å². The zero-order valence-electron chi connectivity index (χ0n) is 15.7. The Morgan fingerprint density at radius 1 is 0.833 bits per heavy atom. The summed E-state index contributed by atoms with van der Waals surface area (Å²) in [6.07, 6.45) is -3.64. The van der Waals surface area contributed by atoms with Crippen LogP contribution in [0.1, 0.15) is 5.56 Å². The van der Waals surface area contributed by atoms with Crippen molar-refractivity contribution in [3.8, 4) is 28.5 Å². The van der Waals surface area contributed by atoms with Gasteiger partial charge in [0.05, 0.1) is 18.2 Å². The molecular formula is C23H14F3NO3. The van der Waals surface area contributed by atoms with Gasteiger partial charge >= 0.3 is 6.18 Å². The number of para-hydroxylation sites is 1. The third-order valence-electron chi connectivity index (χ3n) is 4.87. The predicted molar refractivity (Wildman–Crippen MR) is 106 cm³/mol. The third kappa shape index (κ3) is 3.08. The van der Waals surface area contributed by atoms with Gasteiger partial charge in [0, 0.05) is 17.0 Å². The van der Waals surface area contributed by atoms with E-state index in [0.29, 0.717) is 34.1 Å². The van der Waals surface area contributed by atoms with Crippen molar-refractivity contribution in [2.45, 2.75) is 6.18 Å². The van der Waals surface area contributed by atoms with Crippen molar-refractivity contribution in [1.82, 2.24) is 4.98 Å². The van der Waals surface area contributed by atoms with Crippen molar-refractivity contribution in [3.63, 3.8) is 0 Å². The summed E-state index contributed by atoms with van der Waals surface area (Å²) >= 11 is 0. The van der Waals surface area contributed by atoms with E-state index >= 15 is 0 Å². The highest BCUT2D eigenvalue weighted by Gasteiger charge is 2.30. The number of hydrogen-bond donors (Lipinski definition) is 0.